The first-order valence-electron chi connectivity index (χ1n) is 5.74. The second-order valence-corrected chi connectivity index (χ2v) is 5.76. The summed E-state index contributed by atoms with van der Waals surface area (Å²) in [6.45, 7) is 7.34. The van der Waals surface area contributed by atoms with Crippen molar-refractivity contribution in [1.29, 1.82) is 0 Å². The van der Waals surface area contributed by atoms with E-state index >= 15 is 0 Å². The lowest BCUT2D eigenvalue weighted by Crippen LogP contribution is -2.09. The van der Waals surface area contributed by atoms with Crippen LogP contribution in [0, 0.1) is 20.8 Å². The molecule has 2 heteroatoms. The third-order valence-corrected chi connectivity index (χ3v) is 3.62. The topological polar surface area (TPSA) is 9.23 Å². The van der Waals surface area contributed by atoms with E-state index in [0.717, 1.165) is 19.4 Å². The van der Waals surface area contributed by atoms with E-state index in [0.29, 0.717) is 4.83 Å². The van der Waals surface area contributed by atoms with Crippen molar-refractivity contribution in [2.45, 2.75) is 38.4 Å². The van der Waals surface area contributed by atoms with Gasteiger partial charge in [0.15, 0.2) is 0 Å². The first kappa shape index (κ1) is 13.7. The van der Waals surface area contributed by atoms with Crippen LogP contribution in [-0.2, 0) is 11.2 Å². The molecule has 0 aliphatic rings. The average molecular weight is 285 g/mol. The first-order valence-corrected chi connectivity index (χ1v) is 6.66. The van der Waals surface area contributed by atoms with Crippen molar-refractivity contribution in [3.05, 3.63) is 34.4 Å². The number of hydrogen-bond donors (Lipinski definition) is 0. The highest BCUT2D eigenvalue weighted by atomic mass is 79.9. The first-order chi connectivity index (χ1) is 7.54. The third kappa shape index (κ3) is 3.91. The van der Waals surface area contributed by atoms with Crippen molar-refractivity contribution >= 4 is 15.9 Å². The van der Waals surface area contributed by atoms with Gasteiger partial charge in [-0.2, -0.15) is 0 Å². The molecule has 1 unspecified atom stereocenters. The van der Waals surface area contributed by atoms with Gasteiger partial charge in [0, 0.05) is 11.9 Å². The van der Waals surface area contributed by atoms with Gasteiger partial charge >= 0.3 is 0 Å². The molecule has 0 aliphatic heterocycles. The normalized spacial score (nSPS) is 12.8. The lowest BCUT2D eigenvalue weighted by molar-refractivity contribution is 0.198. The Hall–Kier alpha value is -0.340. The van der Waals surface area contributed by atoms with Crippen LogP contribution < -0.4 is 0 Å². The number of methoxy groups -OCH3 is 1. The number of rotatable bonds is 5. The summed E-state index contributed by atoms with van der Waals surface area (Å²) in [5.41, 5.74) is 5.67. The third-order valence-electron chi connectivity index (χ3n) is 2.90. The van der Waals surface area contributed by atoms with Crippen LogP contribution in [0.15, 0.2) is 12.1 Å². The Balaban J connectivity index is 2.67. The van der Waals surface area contributed by atoms with Crippen LogP contribution in [0.5, 0.6) is 0 Å². The second-order valence-electron chi connectivity index (χ2n) is 4.47. The minimum atomic E-state index is 0.456. The molecule has 0 aromatic heterocycles. The molecule has 0 heterocycles. The minimum absolute atomic E-state index is 0.456. The monoisotopic (exact) mass is 284 g/mol. The Labute approximate surface area is 107 Å². The molecule has 0 N–H and O–H groups in total. The zero-order chi connectivity index (χ0) is 12.1. The number of hydrogen-bond acceptors (Lipinski definition) is 1. The van der Waals surface area contributed by atoms with E-state index < -0.39 is 0 Å². The van der Waals surface area contributed by atoms with Crippen LogP contribution in [0.25, 0.3) is 0 Å². The van der Waals surface area contributed by atoms with E-state index in [1.807, 2.05) is 0 Å². The van der Waals surface area contributed by atoms with Gasteiger partial charge in [-0.3, -0.25) is 0 Å². The molecule has 0 fully saturated rings. The van der Waals surface area contributed by atoms with Crippen molar-refractivity contribution in [2.24, 2.45) is 0 Å². The maximum Gasteiger partial charge on any atom is 0.0587 e. The highest BCUT2D eigenvalue weighted by Gasteiger charge is 2.08. The average Bonchev–Trinajstić information content (AvgIpc) is 2.16. The van der Waals surface area contributed by atoms with Crippen LogP contribution in [0.3, 0.4) is 0 Å². The summed E-state index contributed by atoms with van der Waals surface area (Å²) in [5, 5.41) is 0. The van der Waals surface area contributed by atoms with E-state index in [1.165, 1.54) is 22.3 Å². The van der Waals surface area contributed by atoms with Crippen molar-refractivity contribution in [2.75, 3.05) is 13.7 Å². The number of ether oxygens (including phenoxy) is 1. The van der Waals surface area contributed by atoms with Gasteiger partial charge < -0.3 is 4.74 Å². The van der Waals surface area contributed by atoms with Crippen LogP contribution in [-0.4, -0.2) is 18.5 Å². The summed E-state index contributed by atoms with van der Waals surface area (Å²) in [6.07, 6.45) is 2.25. The smallest absolute Gasteiger partial charge is 0.0587 e. The summed E-state index contributed by atoms with van der Waals surface area (Å²) in [5.74, 6) is 0. The molecule has 0 amide bonds. The number of aryl methyl sites for hydroxylation is 3. The molecule has 0 aliphatic carbocycles. The fraction of sp³-hybridized carbons (Fsp3) is 0.571. The van der Waals surface area contributed by atoms with Crippen molar-refractivity contribution in [1.82, 2.24) is 0 Å². The Kier molecular flexibility index (Phi) is 5.50. The number of benzene rings is 1. The fourth-order valence-corrected chi connectivity index (χ4v) is 2.66. The molecule has 1 nitrogen and oxygen atoms in total. The number of alkyl halides is 1. The van der Waals surface area contributed by atoms with E-state index in [2.05, 4.69) is 48.8 Å². The van der Waals surface area contributed by atoms with Gasteiger partial charge in [0.2, 0.25) is 0 Å². The van der Waals surface area contributed by atoms with Crippen molar-refractivity contribution in [3.63, 3.8) is 0 Å². The molecule has 0 bridgehead atoms. The Morgan fingerprint density at radius 3 is 2.25 bits per heavy atom. The number of halogens is 1. The molecule has 1 aromatic carbocycles. The van der Waals surface area contributed by atoms with Gasteiger partial charge in [0.1, 0.15) is 0 Å². The van der Waals surface area contributed by atoms with Gasteiger partial charge in [-0.25, -0.2) is 0 Å². The van der Waals surface area contributed by atoms with Gasteiger partial charge in [0.25, 0.3) is 0 Å². The van der Waals surface area contributed by atoms with Crippen molar-refractivity contribution in [3.8, 4) is 0 Å². The Morgan fingerprint density at radius 2 is 1.75 bits per heavy atom. The molecular weight excluding hydrogens is 264 g/mol. The lowest BCUT2D eigenvalue weighted by Gasteiger charge is -2.13. The lowest BCUT2D eigenvalue weighted by atomic mass is 9.96. The van der Waals surface area contributed by atoms with Gasteiger partial charge in [-0.05, 0) is 50.3 Å². The highest BCUT2D eigenvalue weighted by Crippen LogP contribution is 2.20. The molecule has 16 heavy (non-hydrogen) atoms. The molecule has 1 rings (SSSR count). The molecular formula is C14H21BrO. The van der Waals surface area contributed by atoms with E-state index in [1.54, 1.807) is 7.11 Å². The van der Waals surface area contributed by atoms with Crippen LogP contribution in [0.1, 0.15) is 28.7 Å². The second kappa shape index (κ2) is 6.41. The maximum atomic E-state index is 5.12. The summed E-state index contributed by atoms with van der Waals surface area (Å²) in [7, 11) is 1.75. The summed E-state index contributed by atoms with van der Waals surface area (Å²) in [6, 6.07) is 4.53. The zero-order valence-electron chi connectivity index (χ0n) is 10.6. The van der Waals surface area contributed by atoms with Gasteiger partial charge in [-0.15, -0.1) is 0 Å². The molecule has 0 saturated carbocycles. The van der Waals surface area contributed by atoms with Gasteiger partial charge in [0.05, 0.1) is 6.61 Å². The molecule has 1 atom stereocenters. The zero-order valence-corrected chi connectivity index (χ0v) is 12.2. The van der Waals surface area contributed by atoms with E-state index in [-0.39, 0.29) is 0 Å². The SMILES string of the molecule is COCC(Br)CCc1c(C)cc(C)cc1C. The summed E-state index contributed by atoms with van der Waals surface area (Å²) >= 11 is 3.63. The summed E-state index contributed by atoms with van der Waals surface area (Å²) < 4.78 is 5.12. The quantitative estimate of drug-likeness (QED) is 0.744. The molecule has 0 spiro atoms. The predicted molar refractivity (Wildman–Crippen MR) is 73.6 cm³/mol. The molecule has 90 valence electrons. The fourth-order valence-electron chi connectivity index (χ4n) is 2.17. The standard InChI is InChI=1S/C14H21BrO/c1-10-7-11(2)14(12(3)8-10)6-5-13(15)9-16-4/h7-8,13H,5-6,9H2,1-4H3. The maximum absolute atomic E-state index is 5.12. The molecule has 1 aromatic rings. The molecule has 0 saturated heterocycles. The Bertz CT molecular complexity index is 324. The van der Waals surface area contributed by atoms with Crippen molar-refractivity contribution < 1.29 is 4.74 Å². The summed E-state index contributed by atoms with van der Waals surface area (Å²) in [4.78, 5) is 0.456. The Morgan fingerprint density at radius 1 is 1.19 bits per heavy atom. The highest BCUT2D eigenvalue weighted by molar-refractivity contribution is 9.09. The largest absolute Gasteiger partial charge is 0.384 e. The van der Waals surface area contributed by atoms with Crippen LogP contribution >= 0.6 is 15.9 Å². The van der Waals surface area contributed by atoms with Crippen LogP contribution in [0.4, 0.5) is 0 Å². The van der Waals surface area contributed by atoms with Gasteiger partial charge in [-0.1, -0.05) is 33.6 Å². The van der Waals surface area contributed by atoms with E-state index in [9.17, 15) is 0 Å². The van der Waals surface area contributed by atoms with Crippen LogP contribution in [0.2, 0.25) is 0 Å². The molecule has 0 radical (unpaired) electrons. The predicted octanol–water partition coefficient (Wildman–Crippen LogP) is 3.95. The minimum Gasteiger partial charge on any atom is -0.384 e. The van der Waals surface area contributed by atoms with E-state index in [4.69, 9.17) is 4.74 Å².